The number of anilines is 1. The largest absolute Gasteiger partial charge is 0.452 e. The molecule has 204 valence electrons. The van der Waals surface area contributed by atoms with Gasteiger partial charge in [0, 0.05) is 18.7 Å². The van der Waals surface area contributed by atoms with Crippen molar-refractivity contribution in [3.05, 3.63) is 63.2 Å². The molecule has 0 radical (unpaired) electrons. The van der Waals surface area contributed by atoms with Crippen molar-refractivity contribution in [2.45, 2.75) is 64.8 Å². The number of fused-ring (bicyclic) bond motifs is 2. The third-order valence-electron chi connectivity index (χ3n) is 7.46. The van der Waals surface area contributed by atoms with Crippen molar-refractivity contribution >= 4 is 33.3 Å². The van der Waals surface area contributed by atoms with Gasteiger partial charge < -0.3 is 10.1 Å². The van der Waals surface area contributed by atoms with Crippen molar-refractivity contribution in [1.82, 2.24) is 4.31 Å². The SMILES string of the molecule is Cc1cc(NC(=O)COC(=O)c2cccc(S(=O)(=O)N3CC4(C)CC3CC(C)(C)C4)c2)c([N+](=O)[O-])cc1C. The average molecular weight is 544 g/mol. The van der Waals surface area contributed by atoms with Crippen molar-refractivity contribution in [2.24, 2.45) is 10.8 Å². The molecule has 1 amide bonds. The second kappa shape index (κ2) is 9.77. The molecule has 1 aliphatic heterocycles. The molecule has 2 atom stereocenters. The number of amides is 1. The minimum atomic E-state index is -3.85. The van der Waals surface area contributed by atoms with E-state index in [1.54, 1.807) is 18.2 Å². The lowest BCUT2D eigenvalue weighted by Gasteiger charge is -2.39. The first-order valence-electron chi connectivity index (χ1n) is 12.4. The monoisotopic (exact) mass is 543 g/mol. The van der Waals surface area contributed by atoms with Crippen LogP contribution in [0.15, 0.2) is 41.3 Å². The lowest BCUT2D eigenvalue weighted by atomic mass is 9.65. The lowest BCUT2D eigenvalue weighted by molar-refractivity contribution is -0.384. The number of sulfonamides is 1. The molecular weight excluding hydrogens is 510 g/mol. The van der Waals surface area contributed by atoms with Crippen LogP contribution in [0.2, 0.25) is 0 Å². The Bertz CT molecular complexity index is 1420. The van der Waals surface area contributed by atoms with Gasteiger partial charge in [0.1, 0.15) is 5.69 Å². The van der Waals surface area contributed by atoms with E-state index >= 15 is 0 Å². The summed E-state index contributed by atoms with van der Waals surface area (Å²) in [6.45, 7) is 9.68. The maximum absolute atomic E-state index is 13.6. The van der Waals surface area contributed by atoms with E-state index in [2.05, 4.69) is 26.1 Å². The van der Waals surface area contributed by atoms with Gasteiger partial charge in [0.15, 0.2) is 6.61 Å². The summed E-state index contributed by atoms with van der Waals surface area (Å²) in [6, 6.07) is 8.35. The smallest absolute Gasteiger partial charge is 0.338 e. The molecule has 2 aromatic rings. The number of rotatable bonds is 7. The molecule has 2 fully saturated rings. The molecule has 1 N–H and O–H groups in total. The van der Waals surface area contributed by atoms with Crippen LogP contribution in [0.25, 0.3) is 0 Å². The zero-order valence-corrected chi connectivity index (χ0v) is 23.1. The number of hydrogen-bond acceptors (Lipinski definition) is 7. The number of nitrogens with zero attached hydrogens (tertiary/aromatic N) is 2. The first-order valence-corrected chi connectivity index (χ1v) is 13.9. The number of nitro groups is 1. The zero-order chi connectivity index (χ0) is 28.0. The predicted molar refractivity (Wildman–Crippen MR) is 141 cm³/mol. The fourth-order valence-corrected chi connectivity index (χ4v) is 7.88. The molecule has 1 saturated heterocycles. The topological polar surface area (TPSA) is 136 Å². The van der Waals surface area contributed by atoms with Gasteiger partial charge in [-0.3, -0.25) is 14.9 Å². The maximum Gasteiger partial charge on any atom is 0.338 e. The number of benzene rings is 2. The summed E-state index contributed by atoms with van der Waals surface area (Å²) in [5, 5.41) is 13.8. The highest BCUT2D eigenvalue weighted by Gasteiger charge is 2.53. The highest BCUT2D eigenvalue weighted by Crippen LogP contribution is 2.53. The number of nitrogens with one attached hydrogen (secondary N) is 1. The van der Waals surface area contributed by atoms with Gasteiger partial charge >= 0.3 is 5.97 Å². The minimum absolute atomic E-state index is 0.0000526. The number of carbonyl (C=O) groups excluding carboxylic acids is 2. The number of ether oxygens (including phenoxy) is 1. The number of aryl methyl sites for hydroxylation is 2. The number of hydrogen-bond donors (Lipinski definition) is 1. The molecule has 0 aromatic heterocycles. The molecule has 38 heavy (non-hydrogen) atoms. The van der Waals surface area contributed by atoms with Crippen LogP contribution < -0.4 is 5.32 Å². The molecule has 2 unspecified atom stereocenters. The van der Waals surface area contributed by atoms with Crippen molar-refractivity contribution in [1.29, 1.82) is 0 Å². The van der Waals surface area contributed by atoms with Gasteiger partial charge in [0.05, 0.1) is 15.4 Å². The summed E-state index contributed by atoms with van der Waals surface area (Å²) in [5.41, 5.74) is 1.13. The normalized spacial score (nSPS) is 22.6. The Morgan fingerprint density at radius 3 is 2.50 bits per heavy atom. The molecule has 1 heterocycles. The van der Waals surface area contributed by atoms with Gasteiger partial charge in [-0.15, -0.1) is 0 Å². The average Bonchev–Trinajstić information content (AvgIpc) is 3.08. The second-order valence-corrected chi connectivity index (χ2v) is 13.5. The number of esters is 1. The van der Waals surface area contributed by atoms with Crippen LogP contribution >= 0.6 is 0 Å². The van der Waals surface area contributed by atoms with Gasteiger partial charge in [-0.25, -0.2) is 13.2 Å². The molecule has 10 nitrogen and oxygen atoms in total. The first kappa shape index (κ1) is 27.7. The van der Waals surface area contributed by atoms with Crippen LogP contribution in [0.5, 0.6) is 0 Å². The fourth-order valence-electron chi connectivity index (χ4n) is 6.06. The minimum Gasteiger partial charge on any atom is -0.452 e. The highest BCUT2D eigenvalue weighted by atomic mass is 32.2. The van der Waals surface area contributed by atoms with E-state index < -0.39 is 33.4 Å². The van der Waals surface area contributed by atoms with Crippen LogP contribution in [0.3, 0.4) is 0 Å². The molecule has 1 aliphatic carbocycles. The predicted octanol–water partition coefficient (Wildman–Crippen LogP) is 4.60. The summed E-state index contributed by atoms with van der Waals surface area (Å²) < 4.78 is 33.8. The number of carbonyl (C=O) groups is 2. The molecule has 2 bridgehead atoms. The van der Waals surface area contributed by atoms with E-state index in [4.69, 9.17) is 4.74 Å². The van der Waals surface area contributed by atoms with Crippen LogP contribution in [-0.2, 0) is 19.6 Å². The second-order valence-electron chi connectivity index (χ2n) is 11.6. The van der Waals surface area contributed by atoms with Crippen LogP contribution in [0.1, 0.15) is 61.5 Å². The molecule has 0 spiro atoms. The molecule has 4 rings (SSSR count). The van der Waals surface area contributed by atoms with E-state index in [9.17, 15) is 28.1 Å². The Kier molecular flexibility index (Phi) is 7.13. The Morgan fingerprint density at radius 2 is 1.82 bits per heavy atom. The molecule has 1 saturated carbocycles. The van der Waals surface area contributed by atoms with Crippen LogP contribution in [0, 0.1) is 34.8 Å². The summed E-state index contributed by atoms with van der Waals surface area (Å²) in [6.07, 6.45) is 2.53. The van der Waals surface area contributed by atoms with Crippen molar-refractivity contribution in [3.8, 4) is 0 Å². The van der Waals surface area contributed by atoms with Crippen molar-refractivity contribution in [2.75, 3.05) is 18.5 Å². The Morgan fingerprint density at radius 1 is 1.13 bits per heavy atom. The van der Waals surface area contributed by atoms with Gasteiger partial charge in [-0.05, 0) is 79.3 Å². The maximum atomic E-state index is 13.6. The van der Waals surface area contributed by atoms with Gasteiger partial charge in [0.25, 0.3) is 11.6 Å². The van der Waals surface area contributed by atoms with Crippen molar-refractivity contribution in [3.63, 3.8) is 0 Å². The number of nitro benzene ring substituents is 1. The summed E-state index contributed by atoms with van der Waals surface area (Å²) in [5.74, 6) is -1.63. The van der Waals surface area contributed by atoms with Gasteiger partial charge in [0.2, 0.25) is 10.0 Å². The third kappa shape index (κ3) is 5.58. The molecule has 2 aromatic carbocycles. The van der Waals surface area contributed by atoms with E-state index in [1.807, 2.05) is 0 Å². The summed E-state index contributed by atoms with van der Waals surface area (Å²) in [7, 11) is -3.85. The highest BCUT2D eigenvalue weighted by molar-refractivity contribution is 7.89. The zero-order valence-electron chi connectivity index (χ0n) is 22.2. The standard InChI is InChI=1S/C27H33N3O7S/c1-17-9-22(23(30(33)34)10-18(17)2)28-24(31)14-37-25(32)19-7-6-8-21(11-19)38(35,36)29-16-27(5)13-20(29)12-26(3,4)15-27/h6-11,20H,12-16H2,1-5H3,(H,28,31). The third-order valence-corrected chi connectivity index (χ3v) is 9.35. The van der Waals surface area contributed by atoms with Crippen LogP contribution in [0.4, 0.5) is 11.4 Å². The Balaban J connectivity index is 1.45. The van der Waals surface area contributed by atoms with E-state index in [-0.39, 0.29) is 38.7 Å². The molecular formula is C27H33N3O7S. The van der Waals surface area contributed by atoms with Gasteiger partial charge in [-0.2, -0.15) is 4.31 Å². The van der Waals surface area contributed by atoms with E-state index in [0.29, 0.717) is 12.1 Å². The molecule has 11 heteroatoms. The lowest BCUT2D eigenvalue weighted by Crippen LogP contribution is -2.37. The van der Waals surface area contributed by atoms with Crippen LogP contribution in [-0.4, -0.2) is 48.7 Å². The quantitative estimate of drug-likeness (QED) is 0.306. The fraction of sp³-hybridized carbons (Fsp3) is 0.481. The van der Waals surface area contributed by atoms with Gasteiger partial charge in [-0.1, -0.05) is 26.8 Å². The molecule has 2 aliphatic rings. The Labute approximate surface area is 222 Å². The van der Waals surface area contributed by atoms with E-state index in [1.165, 1.54) is 36.4 Å². The van der Waals surface area contributed by atoms with E-state index in [0.717, 1.165) is 24.8 Å². The Hall–Kier alpha value is -3.31. The summed E-state index contributed by atoms with van der Waals surface area (Å²) in [4.78, 5) is 35.8. The summed E-state index contributed by atoms with van der Waals surface area (Å²) >= 11 is 0. The van der Waals surface area contributed by atoms with Crippen molar-refractivity contribution < 1.29 is 27.7 Å². The first-order chi connectivity index (χ1) is 17.6.